The molecule has 0 amide bonds. The number of aliphatic hydroxyl groups is 1. The highest BCUT2D eigenvalue weighted by Crippen LogP contribution is 2.18. The third-order valence-corrected chi connectivity index (χ3v) is 2.14. The second-order valence-electron chi connectivity index (χ2n) is 3.15. The highest BCUT2D eigenvalue weighted by Gasteiger charge is 2.03. The minimum atomic E-state index is 0.0384. The summed E-state index contributed by atoms with van der Waals surface area (Å²) in [4.78, 5) is 7.91. The van der Waals surface area contributed by atoms with Gasteiger partial charge in [-0.05, 0) is 6.42 Å². The van der Waals surface area contributed by atoms with E-state index in [0.29, 0.717) is 36.5 Å². The molecule has 0 saturated carbocycles. The Balaban J connectivity index is 2.30. The number of nitrogens with two attached hydrogens (primary N) is 1. The van der Waals surface area contributed by atoms with Gasteiger partial charge in [0.25, 0.3) is 0 Å². The number of hydrogen-bond acceptors (Lipinski definition) is 7. The molecule has 0 aliphatic rings. The van der Waals surface area contributed by atoms with Crippen LogP contribution in [0.2, 0.25) is 5.02 Å². The van der Waals surface area contributed by atoms with Crippen LogP contribution in [0.3, 0.4) is 0 Å². The van der Waals surface area contributed by atoms with Crippen molar-refractivity contribution in [2.24, 2.45) is 5.84 Å². The summed E-state index contributed by atoms with van der Waals surface area (Å²) in [6.45, 7) is 1.62. The summed E-state index contributed by atoms with van der Waals surface area (Å²) in [7, 11) is 0. The fourth-order valence-corrected chi connectivity index (χ4v) is 1.27. The summed E-state index contributed by atoms with van der Waals surface area (Å²) in [5, 5.41) is 12.0. The molecule has 0 radical (unpaired) electrons. The van der Waals surface area contributed by atoms with Gasteiger partial charge >= 0.3 is 0 Å². The van der Waals surface area contributed by atoms with Crippen LogP contribution in [-0.4, -0.2) is 41.4 Å². The van der Waals surface area contributed by atoms with Gasteiger partial charge in [-0.1, -0.05) is 11.6 Å². The Hall–Kier alpha value is -1.15. The molecule has 8 heteroatoms. The minimum absolute atomic E-state index is 0.0384. The van der Waals surface area contributed by atoms with E-state index in [9.17, 15) is 0 Å². The summed E-state index contributed by atoms with van der Waals surface area (Å²) in [6, 6.07) is 0. The Kier molecular flexibility index (Phi) is 6.56. The molecule has 7 nitrogen and oxygen atoms in total. The van der Waals surface area contributed by atoms with Crippen LogP contribution < -0.4 is 16.6 Å². The monoisotopic (exact) mass is 261 g/mol. The highest BCUT2D eigenvalue weighted by atomic mass is 35.5. The van der Waals surface area contributed by atoms with Crippen LogP contribution in [0, 0.1) is 0 Å². The molecule has 0 bridgehead atoms. The first-order chi connectivity index (χ1) is 8.27. The fourth-order valence-electron chi connectivity index (χ4n) is 1.11. The lowest BCUT2D eigenvalue weighted by atomic mass is 10.4. The van der Waals surface area contributed by atoms with E-state index in [1.54, 1.807) is 0 Å². The molecule has 96 valence electrons. The number of hydrogen-bond donors (Lipinski definition) is 4. The number of rotatable bonds is 8. The number of nitrogens with zero attached hydrogens (tertiary/aromatic N) is 2. The number of ether oxygens (including phenoxy) is 1. The number of anilines is 2. The van der Waals surface area contributed by atoms with Gasteiger partial charge in [-0.15, -0.1) is 0 Å². The predicted octanol–water partition coefficient (Wildman–Crippen LogP) is 0.226. The second kappa shape index (κ2) is 8.02. The maximum absolute atomic E-state index is 8.50. The maximum atomic E-state index is 8.50. The van der Waals surface area contributed by atoms with Gasteiger partial charge < -0.3 is 15.2 Å². The topological polar surface area (TPSA) is 105 Å². The lowest BCUT2D eigenvalue weighted by Gasteiger charge is -2.08. The minimum Gasteiger partial charge on any atom is -0.394 e. The van der Waals surface area contributed by atoms with Crippen LogP contribution in [0.1, 0.15) is 6.42 Å². The molecular weight excluding hydrogens is 246 g/mol. The van der Waals surface area contributed by atoms with Crippen LogP contribution in [0.4, 0.5) is 11.8 Å². The van der Waals surface area contributed by atoms with Gasteiger partial charge in [0, 0.05) is 13.2 Å². The predicted molar refractivity (Wildman–Crippen MR) is 65.9 cm³/mol. The van der Waals surface area contributed by atoms with Crippen molar-refractivity contribution in [3.8, 4) is 0 Å². The summed E-state index contributed by atoms with van der Waals surface area (Å²) in [6.07, 6.45) is 2.25. The highest BCUT2D eigenvalue weighted by molar-refractivity contribution is 6.32. The van der Waals surface area contributed by atoms with E-state index < -0.39 is 0 Å². The number of nitrogens with one attached hydrogen (secondary N) is 2. The summed E-state index contributed by atoms with van der Waals surface area (Å²) in [5.41, 5.74) is 2.34. The Morgan fingerprint density at radius 3 is 3.00 bits per heavy atom. The molecule has 1 aromatic heterocycles. The van der Waals surface area contributed by atoms with E-state index in [1.165, 1.54) is 6.20 Å². The van der Waals surface area contributed by atoms with Crippen molar-refractivity contribution in [2.45, 2.75) is 6.42 Å². The molecule has 1 heterocycles. The van der Waals surface area contributed by atoms with Crippen LogP contribution in [0.5, 0.6) is 0 Å². The molecule has 0 unspecified atom stereocenters. The normalized spacial score (nSPS) is 10.3. The van der Waals surface area contributed by atoms with E-state index in [-0.39, 0.29) is 6.61 Å². The molecule has 0 atom stereocenters. The van der Waals surface area contributed by atoms with E-state index in [1.807, 2.05) is 0 Å². The van der Waals surface area contributed by atoms with Crippen molar-refractivity contribution in [3.63, 3.8) is 0 Å². The van der Waals surface area contributed by atoms with Crippen molar-refractivity contribution in [2.75, 3.05) is 37.1 Å². The number of nitrogen functional groups attached to an aromatic ring is 1. The first-order valence-electron chi connectivity index (χ1n) is 5.19. The van der Waals surface area contributed by atoms with Crippen LogP contribution in [-0.2, 0) is 4.74 Å². The molecule has 0 aliphatic carbocycles. The first-order valence-corrected chi connectivity index (χ1v) is 5.57. The summed E-state index contributed by atoms with van der Waals surface area (Å²) in [5.74, 6) is 6.01. The van der Waals surface area contributed by atoms with E-state index in [0.717, 1.165) is 6.42 Å². The SMILES string of the molecule is NNc1ncc(Cl)c(NCCCOCCO)n1. The third-order valence-electron chi connectivity index (χ3n) is 1.87. The lowest BCUT2D eigenvalue weighted by Crippen LogP contribution is -2.13. The fraction of sp³-hybridized carbons (Fsp3) is 0.556. The molecule has 0 fully saturated rings. The number of aliphatic hydroxyl groups excluding tert-OH is 1. The van der Waals surface area contributed by atoms with Gasteiger partial charge in [0.1, 0.15) is 5.02 Å². The zero-order valence-electron chi connectivity index (χ0n) is 9.32. The van der Waals surface area contributed by atoms with Gasteiger partial charge in [-0.25, -0.2) is 10.8 Å². The van der Waals surface area contributed by atoms with Crippen molar-refractivity contribution in [1.29, 1.82) is 0 Å². The zero-order chi connectivity index (χ0) is 12.5. The van der Waals surface area contributed by atoms with Gasteiger partial charge in [0.05, 0.1) is 19.4 Å². The Labute approximate surface area is 104 Å². The second-order valence-corrected chi connectivity index (χ2v) is 3.56. The van der Waals surface area contributed by atoms with Gasteiger partial charge in [0.2, 0.25) is 5.95 Å². The van der Waals surface area contributed by atoms with Crippen LogP contribution in [0.15, 0.2) is 6.20 Å². The van der Waals surface area contributed by atoms with E-state index in [2.05, 4.69) is 20.7 Å². The standard InChI is InChI=1S/C9H16ClN5O2/c10-7-6-13-9(15-11)14-8(7)12-2-1-4-17-5-3-16/h6,16H,1-5,11H2,(H2,12,13,14,15). The van der Waals surface area contributed by atoms with Crippen molar-refractivity contribution in [3.05, 3.63) is 11.2 Å². The molecule has 1 rings (SSSR count). The Morgan fingerprint density at radius 2 is 2.29 bits per heavy atom. The largest absolute Gasteiger partial charge is 0.394 e. The molecule has 1 aromatic rings. The Morgan fingerprint density at radius 1 is 1.47 bits per heavy atom. The number of hydrazine groups is 1. The average molecular weight is 262 g/mol. The quantitative estimate of drug-likeness (QED) is 0.301. The lowest BCUT2D eigenvalue weighted by molar-refractivity contribution is 0.0922. The molecular formula is C9H16ClN5O2. The van der Waals surface area contributed by atoms with Gasteiger partial charge in [-0.2, -0.15) is 4.98 Å². The van der Waals surface area contributed by atoms with Crippen molar-refractivity contribution >= 4 is 23.4 Å². The number of halogens is 1. The van der Waals surface area contributed by atoms with Gasteiger partial charge in [-0.3, -0.25) is 5.43 Å². The number of aromatic nitrogens is 2. The molecule has 0 spiro atoms. The van der Waals surface area contributed by atoms with E-state index >= 15 is 0 Å². The van der Waals surface area contributed by atoms with Gasteiger partial charge in [0.15, 0.2) is 5.82 Å². The average Bonchev–Trinajstić information content (AvgIpc) is 2.35. The van der Waals surface area contributed by atoms with Crippen LogP contribution >= 0.6 is 11.6 Å². The summed E-state index contributed by atoms with van der Waals surface area (Å²) >= 11 is 5.90. The zero-order valence-corrected chi connectivity index (χ0v) is 10.1. The van der Waals surface area contributed by atoms with E-state index in [4.69, 9.17) is 27.3 Å². The maximum Gasteiger partial charge on any atom is 0.239 e. The molecule has 0 saturated heterocycles. The molecule has 0 aliphatic heterocycles. The van der Waals surface area contributed by atoms with Crippen molar-refractivity contribution in [1.82, 2.24) is 9.97 Å². The smallest absolute Gasteiger partial charge is 0.239 e. The third kappa shape index (κ3) is 5.14. The summed E-state index contributed by atoms with van der Waals surface area (Å²) < 4.78 is 5.11. The molecule has 5 N–H and O–H groups in total. The van der Waals surface area contributed by atoms with Crippen LogP contribution in [0.25, 0.3) is 0 Å². The van der Waals surface area contributed by atoms with Crippen molar-refractivity contribution < 1.29 is 9.84 Å². The molecule has 0 aromatic carbocycles. The molecule has 17 heavy (non-hydrogen) atoms. The Bertz CT molecular complexity index is 339. The first kappa shape index (κ1) is 13.9.